The van der Waals surface area contributed by atoms with Gasteiger partial charge in [-0.05, 0) is 77.0 Å². The second kappa shape index (κ2) is 7.95. The average molecular weight is 386 g/mol. The van der Waals surface area contributed by atoms with Crippen LogP contribution in [-0.2, 0) is 10.2 Å². The third-order valence-corrected chi connectivity index (χ3v) is 5.50. The molecule has 5 heteroatoms. The van der Waals surface area contributed by atoms with Gasteiger partial charge in [0.15, 0.2) is 11.5 Å². The van der Waals surface area contributed by atoms with Crippen molar-refractivity contribution in [2.24, 2.45) is 0 Å². The second-order valence-electron chi connectivity index (χ2n) is 8.87. The lowest BCUT2D eigenvalue weighted by molar-refractivity contribution is 0.0454. The lowest BCUT2D eigenvalue weighted by Gasteiger charge is -2.44. The molecule has 0 atom stereocenters. The zero-order chi connectivity index (χ0) is 20.4. The monoisotopic (exact) mass is 385 g/mol. The molecule has 3 rings (SSSR count). The molecule has 2 fully saturated rings. The van der Waals surface area contributed by atoms with Crippen LogP contribution in [0.5, 0.6) is 11.5 Å². The summed E-state index contributed by atoms with van der Waals surface area (Å²) in [5, 5.41) is 2.91. The van der Waals surface area contributed by atoms with Crippen molar-refractivity contribution in [1.82, 2.24) is 5.32 Å². The number of rotatable bonds is 5. The molecule has 1 aromatic rings. The fourth-order valence-corrected chi connectivity index (χ4v) is 4.05. The zero-order valence-electron chi connectivity index (χ0n) is 17.3. The van der Waals surface area contributed by atoms with Gasteiger partial charge in [0.25, 0.3) is 0 Å². The molecule has 0 aliphatic heterocycles. The number of terminal acetylenes is 1. The van der Waals surface area contributed by atoms with Gasteiger partial charge in [-0.3, -0.25) is 0 Å². The molecule has 1 amide bonds. The van der Waals surface area contributed by atoms with E-state index in [9.17, 15) is 4.79 Å². The number of nitrogens with one attached hydrogen (secondary N) is 1. The number of benzene rings is 1. The van der Waals surface area contributed by atoms with E-state index < -0.39 is 17.1 Å². The van der Waals surface area contributed by atoms with Crippen LogP contribution in [0.3, 0.4) is 0 Å². The maximum absolute atomic E-state index is 12.0. The van der Waals surface area contributed by atoms with Crippen molar-refractivity contribution in [1.29, 1.82) is 0 Å². The highest BCUT2D eigenvalue weighted by Crippen LogP contribution is 2.46. The molecule has 2 aliphatic rings. The van der Waals surface area contributed by atoms with Crippen molar-refractivity contribution in [3.8, 4) is 23.8 Å². The molecule has 0 saturated heterocycles. The first-order chi connectivity index (χ1) is 13.2. The molecule has 0 spiro atoms. The Hall–Kier alpha value is -2.35. The maximum atomic E-state index is 12.0. The van der Waals surface area contributed by atoms with Gasteiger partial charge in [-0.1, -0.05) is 12.0 Å². The Morgan fingerprint density at radius 2 is 1.89 bits per heavy atom. The summed E-state index contributed by atoms with van der Waals surface area (Å²) < 4.78 is 17.0. The predicted molar refractivity (Wildman–Crippen MR) is 109 cm³/mol. The second-order valence-corrected chi connectivity index (χ2v) is 8.87. The van der Waals surface area contributed by atoms with Crippen molar-refractivity contribution >= 4 is 6.09 Å². The molecule has 28 heavy (non-hydrogen) atoms. The molecule has 1 N–H and O–H groups in total. The Labute approximate surface area is 168 Å². The SMILES string of the molecule is C#C[C@]1(c2ccc(OC)c(OC3CCCC3)c2)C[C@@H](NC(=O)OC(C)(C)C)C1. The Morgan fingerprint density at radius 1 is 1.21 bits per heavy atom. The minimum atomic E-state index is -0.514. The fourth-order valence-electron chi connectivity index (χ4n) is 4.05. The first kappa shape index (κ1) is 20.4. The van der Waals surface area contributed by atoms with E-state index in [0.717, 1.165) is 29.9 Å². The van der Waals surface area contributed by atoms with Gasteiger partial charge in [0.05, 0.1) is 18.6 Å². The molecule has 0 heterocycles. The number of carbonyl (C=O) groups is 1. The van der Waals surface area contributed by atoms with Gasteiger partial charge in [0.1, 0.15) is 5.60 Å². The Balaban J connectivity index is 1.69. The molecule has 0 radical (unpaired) electrons. The maximum Gasteiger partial charge on any atom is 0.407 e. The van der Waals surface area contributed by atoms with Crippen molar-refractivity contribution in [3.05, 3.63) is 23.8 Å². The molecule has 0 unspecified atom stereocenters. The van der Waals surface area contributed by atoms with Crippen LogP contribution in [-0.4, -0.2) is 30.9 Å². The molecular formula is C23H31NO4. The largest absolute Gasteiger partial charge is 0.493 e. The highest BCUT2D eigenvalue weighted by Gasteiger charge is 2.45. The van der Waals surface area contributed by atoms with Crippen LogP contribution in [0.1, 0.15) is 64.9 Å². The zero-order valence-corrected chi connectivity index (χ0v) is 17.3. The molecule has 5 nitrogen and oxygen atoms in total. The van der Waals surface area contributed by atoms with Crippen molar-refractivity contribution in [3.63, 3.8) is 0 Å². The Kier molecular flexibility index (Phi) is 5.79. The van der Waals surface area contributed by atoms with Crippen LogP contribution in [0, 0.1) is 12.3 Å². The fraction of sp³-hybridized carbons (Fsp3) is 0.609. The third kappa shape index (κ3) is 4.55. The Morgan fingerprint density at radius 3 is 2.46 bits per heavy atom. The third-order valence-electron chi connectivity index (χ3n) is 5.50. The number of ether oxygens (including phenoxy) is 3. The van der Waals surface area contributed by atoms with Gasteiger partial charge >= 0.3 is 6.09 Å². The molecule has 152 valence electrons. The number of methoxy groups -OCH3 is 1. The summed E-state index contributed by atoms with van der Waals surface area (Å²) in [6.07, 6.45) is 11.7. The average Bonchev–Trinajstić information content (AvgIpc) is 3.09. The highest BCUT2D eigenvalue weighted by molar-refractivity contribution is 5.68. The summed E-state index contributed by atoms with van der Waals surface area (Å²) in [5.74, 6) is 4.43. The summed E-state index contributed by atoms with van der Waals surface area (Å²) in [7, 11) is 1.65. The van der Waals surface area contributed by atoms with Crippen molar-refractivity contribution < 1.29 is 19.0 Å². The smallest absolute Gasteiger partial charge is 0.407 e. The van der Waals surface area contributed by atoms with E-state index in [-0.39, 0.29) is 12.1 Å². The highest BCUT2D eigenvalue weighted by atomic mass is 16.6. The van der Waals surface area contributed by atoms with Gasteiger partial charge < -0.3 is 19.5 Å². The summed E-state index contributed by atoms with van der Waals surface area (Å²) in [6, 6.07) is 5.95. The van der Waals surface area contributed by atoms with Gasteiger partial charge in [-0.25, -0.2) is 4.79 Å². The molecule has 1 aromatic carbocycles. The molecule has 0 bridgehead atoms. The van der Waals surface area contributed by atoms with Crippen LogP contribution in [0.15, 0.2) is 18.2 Å². The van der Waals surface area contributed by atoms with E-state index in [4.69, 9.17) is 20.6 Å². The molecule has 2 aliphatic carbocycles. The molecular weight excluding hydrogens is 354 g/mol. The molecule has 0 aromatic heterocycles. The van der Waals surface area contributed by atoms with E-state index in [0.29, 0.717) is 12.8 Å². The minimum Gasteiger partial charge on any atom is -0.493 e. The van der Waals surface area contributed by atoms with E-state index in [1.807, 2.05) is 39.0 Å². The topological polar surface area (TPSA) is 56.8 Å². The first-order valence-electron chi connectivity index (χ1n) is 10.1. The van der Waals surface area contributed by atoms with E-state index in [2.05, 4.69) is 11.2 Å². The van der Waals surface area contributed by atoms with E-state index >= 15 is 0 Å². The van der Waals surface area contributed by atoms with Gasteiger partial charge in [-0.2, -0.15) is 0 Å². The number of hydrogen-bond donors (Lipinski definition) is 1. The lowest BCUT2D eigenvalue weighted by Crippen LogP contribution is -2.53. The van der Waals surface area contributed by atoms with Crippen LogP contribution >= 0.6 is 0 Å². The Bertz CT molecular complexity index is 747. The lowest BCUT2D eigenvalue weighted by atomic mass is 9.62. The standard InChI is InChI=1S/C23H31NO4/c1-6-23(14-17(15-23)24-21(25)28-22(2,3)4)16-11-12-19(26-5)20(13-16)27-18-9-7-8-10-18/h1,11-13,17-18H,7-10,14-15H2,2-5H3,(H,24,25)/t17-,23+. The minimum absolute atomic E-state index is 0.00667. The number of amides is 1. The molecule has 2 saturated carbocycles. The number of hydrogen-bond acceptors (Lipinski definition) is 4. The van der Waals surface area contributed by atoms with Crippen LogP contribution in [0.25, 0.3) is 0 Å². The predicted octanol–water partition coefficient (Wildman–Crippen LogP) is 4.57. The summed E-state index contributed by atoms with van der Waals surface area (Å²) in [5.41, 5.74) is 0.116. The van der Waals surface area contributed by atoms with Gasteiger partial charge in [0.2, 0.25) is 0 Å². The summed E-state index contributed by atoms with van der Waals surface area (Å²) in [4.78, 5) is 12.0. The van der Waals surface area contributed by atoms with Crippen LogP contribution in [0.4, 0.5) is 4.79 Å². The van der Waals surface area contributed by atoms with Crippen LogP contribution in [0.2, 0.25) is 0 Å². The van der Waals surface area contributed by atoms with Crippen molar-refractivity contribution in [2.45, 2.75) is 82.5 Å². The van der Waals surface area contributed by atoms with E-state index in [1.165, 1.54) is 12.8 Å². The number of carbonyl (C=O) groups excluding carboxylic acids is 1. The van der Waals surface area contributed by atoms with Crippen LogP contribution < -0.4 is 14.8 Å². The first-order valence-corrected chi connectivity index (χ1v) is 10.1. The summed E-state index contributed by atoms with van der Waals surface area (Å²) >= 11 is 0. The summed E-state index contributed by atoms with van der Waals surface area (Å²) in [6.45, 7) is 5.55. The van der Waals surface area contributed by atoms with Gasteiger partial charge in [-0.15, -0.1) is 6.42 Å². The normalized spacial score (nSPS) is 24.8. The van der Waals surface area contributed by atoms with Gasteiger partial charge in [0, 0.05) is 6.04 Å². The number of alkyl carbamates (subject to hydrolysis) is 1. The van der Waals surface area contributed by atoms with Crippen molar-refractivity contribution in [2.75, 3.05) is 7.11 Å². The van der Waals surface area contributed by atoms with E-state index in [1.54, 1.807) is 7.11 Å². The quantitative estimate of drug-likeness (QED) is 0.754.